The number of Topliss-reactive ketones (excluding diaryl/α,β-unsaturated/α-hetero) is 1. The van der Waals surface area contributed by atoms with Gasteiger partial charge in [-0.2, -0.15) is 11.8 Å². The number of nitrogens with zero attached hydrogens (tertiary/aromatic N) is 2. The molecule has 0 amide bonds. The molecular formula is C13H21N3OS. The van der Waals surface area contributed by atoms with Gasteiger partial charge >= 0.3 is 0 Å². The summed E-state index contributed by atoms with van der Waals surface area (Å²) in [5, 5.41) is 3.22. The first-order valence-corrected chi connectivity index (χ1v) is 7.37. The van der Waals surface area contributed by atoms with Crippen molar-refractivity contribution in [3.8, 4) is 0 Å². The summed E-state index contributed by atoms with van der Waals surface area (Å²) in [6.45, 7) is 8.50. The van der Waals surface area contributed by atoms with E-state index in [2.05, 4.69) is 36.1 Å². The van der Waals surface area contributed by atoms with Crippen LogP contribution in [0.15, 0.2) is 6.20 Å². The van der Waals surface area contributed by atoms with Gasteiger partial charge in [0.2, 0.25) is 0 Å². The van der Waals surface area contributed by atoms with Crippen LogP contribution in [-0.2, 0) is 5.41 Å². The molecule has 0 atom stereocenters. The Morgan fingerprint density at radius 3 is 2.61 bits per heavy atom. The lowest BCUT2D eigenvalue weighted by molar-refractivity contribution is 0.101. The molecule has 0 aromatic carbocycles. The fraction of sp³-hybridized carbons (Fsp3) is 0.615. The Morgan fingerprint density at radius 2 is 2.11 bits per heavy atom. The van der Waals surface area contributed by atoms with E-state index in [1.54, 1.807) is 18.0 Å². The van der Waals surface area contributed by atoms with Crippen molar-refractivity contribution in [3.05, 3.63) is 17.6 Å². The zero-order valence-corrected chi connectivity index (χ0v) is 12.5. The van der Waals surface area contributed by atoms with Crippen LogP contribution in [-0.4, -0.2) is 34.3 Å². The standard InChI is InChI=1S/C13H21N3OS/c1-9(17)10-8-15-12(13(2,3)4)16-11(10)14-6-7-18-5/h8H,6-7H2,1-5H3,(H,14,15,16). The fourth-order valence-electron chi connectivity index (χ4n) is 1.41. The van der Waals surface area contributed by atoms with E-state index in [9.17, 15) is 4.79 Å². The number of anilines is 1. The van der Waals surface area contributed by atoms with Gasteiger partial charge in [0, 0.05) is 23.9 Å². The highest BCUT2D eigenvalue weighted by atomic mass is 32.2. The van der Waals surface area contributed by atoms with Crippen molar-refractivity contribution in [2.24, 2.45) is 0 Å². The summed E-state index contributed by atoms with van der Waals surface area (Å²) < 4.78 is 0. The summed E-state index contributed by atoms with van der Waals surface area (Å²) in [6.07, 6.45) is 3.67. The third-order valence-electron chi connectivity index (χ3n) is 2.44. The average molecular weight is 267 g/mol. The SMILES string of the molecule is CSCCNc1nc(C(C)(C)C)ncc1C(C)=O. The van der Waals surface area contributed by atoms with Crippen molar-refractivity contribution < 1.29 is 4.79 Å². The van der Waals surface area contributed by atoms with E-state index in [1.807, 2.05) is 6.26 Å². The van der Waals surface area contributed by atoms with E-state index < -0.39 is 0 Å². The Labute approximate surface area is 113 Å². The molecule has 0 aliphatic rings. The molecule has 1 rings (SSSR count). The summed E-state index contributed by atoms with van der Waals surface area (Å²) >= 11 is 1.75. The summed E-state index contributed by atoms with van der Waals surface area (Å²) in [6, 6.07) is 0. The second-order valence-electron chi connectivity index (χ2n) is 5.18. The van der Waals surface area contributed by atoms with Crippen LogP contribution in [0.1, 0.15) is 43.9 Å². The molecule has 18 heavy (non-hydrogen) atoms. The zero-order valence-electron chi connectivity index (χ0n) is 11.7. The van der Waals surface area contributed by atoms with Crippen LogP contribution in [0.2, 0.25) is 0 Å². The molecule has 0 unspecified atom stereocenters. The van der Waals surface area contributed by atoms with Crippen LogP contribution < -0.4 is 5.32 Å². The Kier molecular flexibility index (Phi) is 5.14. The number of thioether (sulfide) groups is 1. The highest BCUT2D eigenvalue weighted by Gasteiger charge is 2.20. The van der Waals surface area contributed by atoms with Crippen LogP contribution in [0.5, 0.6) is 0 Å². The second-order valence-corrected chi connectivity index (χ2v) is 6.17. The highest BCUT2D eigenvalue weighted by Crippen LogP contribution is 2.21. The predicted molar refractivity (Wildman–Crippen MR) is 77.6 cm³/mol. The van der Waals surface area contributed by atoms with Crippen molar-refractivity contribution in [1.29, 1.82) is 0 Å². The van der Waals surface area contributed by atoms with Crippen LogP contribution >= 0.6 is 11.8 Å². The fourth-order valence-corrected chi connectivity index (χ4v) is 1.71. The lowest BCUT2D eigenvalue weighted by atomic mass is 9.95. The Hall–Kier alpha value is -1.10. The van der Waals surface area contributed by atoms with E-state index in [0.29, 0.717) is 11.4 Å². The molecule has 1 aromatic rings. The number of nitrogens with one attached hydrogen (secondary N) is 1. The summed E-state index contributed by atoms with van der Waals surface area (Å²) in [4.78, 5) is 20.3. The Bertz CT molecular complexity index is 427. The molecule has 0 saturated carbocycles. The molecule has 100 valence electrons. The van der Waals surface area contributed by atoms with Gasteiger partial charge in [0.05, 0.1) is 5.56 Å². The molecule has 1 heterocycles. The molecule has 0 spiro atoms. The summed E-state index contributed by atoms with van der Waals surface area (Å²) in [7, 11) is 0. The first-order chi connectivity index (χ1) is 8.36. The first-order valence-electron chi connectivity index (χ1n) is 5.97. The van der Waals surface area contributed by atoms with Crippen LogP contribution in [0, 0.1) is 0 Å². The van der Waals surface area contributed by atoms with Crippen molar-refractivity contribution in [2.75, 3.05) is 23.9 Å². The molecule has 0 bridgehead atoms. The van der Waals surface area contributed by atoms with E-state index in [-0.39, 0.29) is 11.2 Å². The van der Waals surface area contributed by atoms with Crippen molar-refractivity contribution in [3.63, 3.8) is 0 Å². The van der Waals surface area contributed by atoms with Gasteiger partial charge < -0.3 is 5.32 Å². The van der Waals surface area contributed by atoms with Crippen molar-refractivity contribution in [1.82, 2.24) is 9.97 Å². The van der Waals surface area contributed by atoms with Gasteiger partial charge in [-0.15, -0.1) is 0 Å². The zero-order chi connectivity index (χ0) is 13.8. The second kappa shape index (κ2) is 6.18. The van der Waals surface area contributed by atoms with Gasteiger partial charge in [-0.1, -0.05) is 20.8 Å². The molecule has 1 aromatic heterocycles. The Balaban J connectivity index is 3.04. The summed E-state index contributed by atoms with van der Waals surface area (Å²) in [5.74, 6) is 2.37. The molecule has 0 aliphatic carbocycles. The molecule has 0 saturated heterocycles. The number of ketones is 1. The van der Waals surface area contributed by atoms with E-state index in [4.69, 9.17) is 0 Å². The minimum Gasteiger partial charge on any atom is -0.369 e. The van der Waals surface area contributed by atoms with E-state index >= 15 is 0 Å². The minimum absolute atomic E-state index is 0.0119. The number of aromatic nitrogens is 2. The topological polar surface area (TPSA) is 54.9 Å². The third-order valence-corrected chi connectivity index (χ3v) is 3.05. The first kappa shape index (κ1) is 15.0. The van der Waals surface area contributed by atoms with Gasteiger partial charge in [0.15, 0.2) is 5.78 Å². The maximum Gasteiger partial charge on any atom is 0.165 e. The quantitative estimate of drug-likeness (QED) is 0.656. The van der Waals surface area contributed by atoms with Crippen molar-refractivity contribution >= 4 is 23.4 Å². The van der Waals surface area contributed by atoms with Gasteiger partial charge in [0.25, 0.3) is 0 Å². The van der Waals surface area contributed by atoms with Gasteiger partial charge in [-0.25, -0.2) is 9.97 Å². The molecule has 5 heteroatoms. The Morgan fingerprint density at radius 1 is 1.44 bits per heavy atom. The average Bonchev–Trinajstić information content (AvgIpc) is 2.27. The number of hydrogen-bond acceptors (Lipinski definition) is 5. The van der Waals surface area contributed by atoms with Crippen LogP contribution in [0.25, 0.3) is 0 Å². The third kappa shape index (κ3) is 3.98. The lowest BCUT2D eigenvalue weighted by Crippen LogP contribution is -2.19. The summed E-state index contributed by atoms with van der Waals surface area (Å²) in [5.41, 5.74) is 0.440. The monoisotopic (exact) mass is 267 g/mol. The molecule has 0 fully saturated rings. The molecular weight excluding hydrogens is 246 g/mol. The molecule has 4 nitrogen and oxygen atoms in total. The smallest absolute Gasteiger partial charge is 0.165 e. The highest BCUT2D eigenvalue weighted by molar-refractivity contribution is 7.98. The normalized spacial score (nSPS) is 11.4. The largest absolute Gasteiger partial charge is 0.369 e. The molecule has 0 radical (unpaired) electrons. The van der Waals surface area contributed by atoms with Gasteiger partial charge in [-0.05, 0) is 13.2 Å². The maximum atomic E-state index is 11.5. The van der Waals surface area contributed by atoms with Crippen LogP contribution in [0.3, 0.4) is 0 Å². The lowest BCUT2D eigenvalue weighted by Gasteiger charge is -2.18. The van der Waals surface area contributed by atoms with E-state index in [0.717, 1.165) is 18.1 Å². The number of rotatable bonds is 5. The van der Waals surface area contributed by atoms with Gasteiger partial charge in [-0.3, -0.25) is 4.79 Å². The predicted octanol–water partition coefficient (Wildman–Crippen LogP) is 2.75. The van der Waals surface area contributed by atoms with Crippen LogP contribution in [0.4, 0.5) is 5.82 Å². The number of hydrogen-bond donors (Lipinski definition) is 1. The number of carbonyl (C=O) groups is 1. The van der Waals surface area contributed by atoms with Gasteiger partial charge in [0.1, 0.15) is 11.6 Å². The minimum atomic E-state index is -0.120. The van der Waals surface area contributed by atoms with E-state index in [1.165, 1.54) is 6.92 Å². The van der Waals surface area contributed by atoms with Crippen molar-refractivity contribution in [2.45, 2.75) is 33.1 Å². The molecule has 0 aliphatic heterocycles. The molecule has 1 N–H and O–H groups in total. The maximum absolute atomic E-state index is 11.5. The number of carbonyl (C=O) groups excluding carboxylic acids is 1.